The van der Waals surface area contributed by atoms with E-state index in [0.717, 1.165) is 10.4 Å². The first kappa shape index (κ1) is 41.2. The van der Waals surface area contributed by atoms with Crippen LogP contribution in [0.3, 0.4) is 0 Å². The fourth-order valence-corrected chi connectivity index (χ4v) is 14.1. The maximum absolute atomic E-state index is 4.35. The summed E-state index contributed by atoms with van der Waals surface area (Å²) in [5.41, 5.74) is 16.6. The van der Waals surface area contributed by atoms with Crippen LogP contribution in [0.2, 0.25) is 0 Å². The maximum Gasteiger partial charge on any atom is 0.0588 e. The first-order valence-corrected chi connectivity index (χ1v) is 25.9. The highest BCUT2D eigenvalue weighted by molar-refractivity contribution is 7.26. The minimum Gasteiger partial charge on any atom is -0.309 e. The Morgan fingerprint density at radius 1 is 0.444 bits per heavy atom. The highest BCUT2D eigenvalue weighted by Crippen LogP contribution is 2.54. The number of hydrogen-bond donors (Lipinski definition) is 0. The molecule has 0 fully saturated rings. The molecule has 0 atom stereocenters. The summed E-state index contributed by atoms with van der Waals surface area (Å²) in [6.45, 7) is 11.4. The Morgan fingerprint density at radius 2 is 1.04 bits per heavy atom. The summed E-state index contributed by atoms with van der Waals surface area (Å²) in [5, 5.41) is 17.5. The lowest BCUT2D eigenvalue weighted by atomic mass is 9.81. The number of benzene rings is 12. The molecule has 1 nitrogen and oxygen atoms in total. The van der Waals surface area contributed by atoms with E-state index in [9.17, 15) is 0 Å². The Bertz CT molecular complexity index is 4740. The van der Waals surface area contributed by atoms with Crippen LogP contribution in [0.5, 0.6) is 0 Å². The molecule has 15 rings (SSSR count). The van der Waals surface area contributed by atoms with Crippen LogP contribution in [-0.2, 0) is 5.41 Å². The first-order valence-electron chi connectivity index (χ1n) is 25.1. The molecule has 72 heavy (non-hydrogen) atoms. The molecule has 14 aromatic rings. The van der Waals surface area contributed by atoms with Gasteiger partial charge in [0, 0.05) is 42.0 Å². The lowest BCUT2D eigenvalue weighted by Gasteiger charge is -2.23. The number of aromatic nitrogens is 1. The van der Waals surface area contributed by atoms with Gasteiger partial charge in [0.15, 0.2) is 0 Å². The van der Waals surface area contributed by atoms with Gasteiger partial charge >= 0.3 is 0 Å². The molecule has 0 saturated heterocycles. The minimum atomic E-state index is -0.165. The summed E-state index contributed by atoms with van der Waals surface area (Å²) in [4.78, 5) is 0. The van der Waals surface area contributed by atoms with Crippen LogP contribution >= 0.6 is 11.3 Å². The predicted octanol–water partition coefficient (Wildman–Crippen LogP) is 18.0. The number of fused-ring (bicyclic) bond motifs is 15. The van der Waals surface area contributed by atoms with E-state index in [0.29, 0.717) is 0 Å². The zero-order chi connectivity index (χ0) is 48.0. The van der Waals surface area contributed by atoms with E-state index in [2.05, 4.69) is 250 Å². The second-order valence-corrected chi connectivity index (χ2v) is 21.5. The lowest BCUT2D eigenvalue weighted by Crippen LogP contribution is -2.22. The van der Waals surface area contributed by atoms with Crippen molar-refractivity contribution in [2.45, 2.75) is 26.2 Å². The van der Waals surface area contributed by atoms with Crippen LogP contribution in [0.25, 0.3) is 137 Å². The lowest BCUT2D eigenvalue weighted by molar-refractivity contribution is 0.664. The Hall–Kier alpha value is -8.56. The van der Waals surface area contributed by atoms with Gasteiger partial charge in [-0.25, -0.2) is 0 Å². The van der Waals surface area contributed by atoms with Crippen LogP contribution < -0.4 is 10.4 Å². The molecule has 0 aliphatic heterocycles. The molecule has 0 unspecified atom stereocenters. The SMILES string of the molecule is C=c1cccc/c1=C/c1c(C)c2cc3c(cc2c2ccccc12)sc1cc(-c2c4ccccc4c(-c4ccc5c(c4)c4ccc6c(c4n5-c4ccccc4)C(C)(C)c4ccccc4-6)c4ccccc24)ccc13. The van der Waals surface area contributed by atoms with Gasteiger partial charge in [-0.05, 0) is 165 Å². The van der Waals surface area contributed by atoms with Crippen LogP contribution in [0.1, 0.15) is 36.1 Å². The molecule has 1 aliphatic rings. The summed E-state index contributed by atoms with van der Waals surface area (Å²) >= 11 is 1.91. The van der Waals surface area contributed by atoms with Gasteiger partial charge in [0.2, 0.25) is 0 Å². The zero-order valence-electron chi connectivity index (χ0n) is 40.3. The van der Waals surface area contributed by atoms with Crippen molar-refractivity contribution in [2.75, 3.05) is 0 Å². The number of hydrogen-bond acceptors (Lipinski definition) is 1. The summed E-state index contributed by atoms with van der Waals surface area (Å²) in [6.07, 6.45) is 2.33. The molecule has 338 valence electrons. The fourth-order valence-electron chi connectivity index (χ4n) is 12.9. The van der Waals surface area contributed by atoms with Gasteiger partial charge in [-0.3, -0.25) is 0 Å². The first-order chi connectivity index (χ1) is 35.3. The van der Waals surface area contributed by atoms with Crippen molar-refractivity contribution in [2.24, 2.45) is 0 Å². The normalized spacial score (nSPS) is 13.5. The number of aryl methyl sites for hydroxylation is 1. The maximum atomic E-state index is 4.35. The molecule has 2 aromatic heterocycles. The average molecular weight is 934 g/mol. The fraction of sp³-hybridized carbons (Fsp3) is 0.0571. The average Bonchev–Trinajstić information content (AvgIpc) is 4.03. The van der Waals surface area contributed by atoms with Crippen molar-refractivity contribution < 1.29 is 0 Å². The smallest absolute Gasteiger partial charge is 0.0588 e. The molecule has 0 N–H and O–H groups in total. The van der Waals surface area contributed by atoms with Crippen LogP contribution in [-0.4, -0.2) is 4.57 Å². The van der Waals surface area contributed by atoms with Gasteiger partial charge in [0.1, 0.15) is 0 Å². The van der Waals surface area contributed by atoms with Crippen LogP contribution in [0, 0.1) is 6.92 Å². The highest BCUT2D eigenvalue weighted by atomic mass is 32.1. The van der Waals surface area contributed by atoms with E-state index in [4.69, 9.17) is 0 Å². The van der Waals surface area contributed by atoms with Gasteiger partial charge < -0.3 is 4.57 Å². The molecule has 0 amide bonds. The summed E-state index contributed by atoms with van der Waals surface area (Å²) in [7, 11) is 0. The van der Waals surface area contributed by atoms with Gasteiger partial charge in [0.05, 0.1) is 11.0 Å². The zero-order valence-corrected chi connectivity index (χ0v) is 41.2. The summed E-state index contributed by atoms with van der Waals surface area (Å²) < 4.78 is 5.13. The topological polar surface area (TPSA) is 4.93 Å². The number of nitrogens with zero attached hydrogens (tertiary/aromatic N) is 1. The van der Waals surface area contributed by atoms with Crippen molar-refractivity contribution in [3.05, 3.63) is 245 Å². The van der Waals surface area contributed by atoms with E-state index in [1.807, 2.05) is 11.3 Å². The van der Waals surface area contributed by atoms with E-state index in [-0.39, 0.29) is 5.41 Å². The minimum absolute atomic E-state index is 0.165. The summed E-state index contributed by atoms with van der Waals surface area (Å²) in [6, 6.07) is 79.5. The van der Waals surface area contributed by atoms with Gasteiger partial charge in [0.25, 0.3) is 0 Å². The van der Waals surface area contributed by atoms with Crippen LogP contribution in [0.15, 0.2) is 212 Å². The third-order valence-corrected chi connectivity index (χ3v) is 17.4. The molecule has 0 radical (unpaired) electrons. The molecule has 0 spiro atoms. The van der Waals surface area contributed by atoms with Crippen molar-refractivity contribution in [3.8, 4) is 39.1 Å². The van der Waals surface area contributed by atoms with Crippen molar-refractivity contribution in [1.29, 1.82) is 0 Å². The molecule has 12 aromatic carbocycles. The second-order valence-electron chi connectivity index (χ2n) is 20.4. The van der Waals surface area contributed by atoms with Gasteiger partial charge in [-0.1, -0.05) is 190 Å². The second kappa shape index (κ2) is 15.2. The Kier molecular flexibility index (Phi) is 8.72. The van der Waals surface area contributed by atoms with E-state index < -0.39 is 0 Å². The molecule has 2 heteroatoms. The third-order valence-electron chi connectivity index (χ3n) is 16.2. The predicted molar refractivity (Wildman–Crippen MR) is 312 cm³/mol. The molecule has 2 heterocycles. The monoisotopic (exact) mass is 933 g/mol. The van der Waals surface area contributed by atoms with Crippen molar-refractivity contribution >= 4 is 109 Å². The van der Waals surface area contributed by atoms with Crippen LogP contribution in [0.4, 0.5) is 0 Å². The van der Waals surface area contributed by atoms with E-state index in [1.54, 1.807) is 0 Å². The quantitative estimate of drug-likeness (QED) is 0.122. The van der Waals surface area contributed by atoms with Gasteiger partial charge in [-0.15, -0.1) is 11.3 Å². The third kappa shape index (κ3) is 5.76. The van der Waals surface area contributed by atoms with E-state index >= 15 is 0 Å². The largest absolute Gasteiger partial charge is 0.309 e. The van der Waals surface area contributed by atoms with Crippen molar-refractivity contribution in [1.82, 2.24) is 4.57 Å². The molecule has 0 saturated carbocycles. The number of rotatable bonds is 4. The Labute approximate surface area is 421 Å². The Morgan fingerprint density at radius 3 is 1.78 bits per heavy atom. The summed E-state index contributed by atoms with van der Waals surface area (Å²) in [5.74, 6) is 0. The number of para-hydroxylation sites is 1. The standard InChI is InChI=1S/C70H47NS/c1-41-18-8-9-19-43(41)36-57-42(2)58-39-61-50-32-30-45(38-64(50)72-65(61)40-59(58)48-23-11-10-22-47(48)57)67-53-27-14-12-25-51(53)66(52-26-13-15-28-54(52)67)44-31-35-63-60(37-44)56-34-33-55-49-24-16-17-29-62(49)70(3,4)68(55)69(56)71(63)46-20-6-5-7-21-46/h5-40H,1H2,2-4H3/b43-36-. The number of thiophene rings is 1. The van der Waals surface area contributed by atoms with Crippen molar-refractivity contribution in [3.63, 3.8) is 0 Å². The van der Waals surface area contributed by atoms with Gasteiger partial charge in [-0.2, -0.15) is 0 Å². The molecular weight excluding hydrogens is 887 g/mol. The molecular formula is C70H47NS. The Balaban J connectivity index is 0.933. The van der Waals surface area contributed by atoms with E-state index in [1.165, 1.54) is 146 Å². The highest BCUT2D eigenvalue weighted by Gasteiger charge is 2.38. The molecule has 1 aliphatic carbocycles. The molecule has 0 bridgehead atoms.